The van der Waals surface area contributed by atoms with Crippen LogP contribution in [0.5, 0.6) is 0 Å². The Balaban J connectivity index is 2.01. The molecule has 1 N–H and O–H groups in total. The quantitative estimate of drug-likeness (QED) is 0.863. The summed E-state index contributed by atoms with van der Waals surface area (Å²) in [4.78, 5) is 3.79. The lowest BCUT2D eigenvalue weighted by Gasteiger charge is -2.11. The lowest BCUT2D eigenvalue weighted by atomic mass is 10.3. The van der Waals surface area contributed by atoms with Crippen LogP contribution >= 0.6 is 23.4 Å². The molecule has 0 radical (unpaired) electrons. The molecule has 1 aromatic rings. The maximum absolute atomic E-state index is 12.4. The van der Waals surface area contributed by atoms with E-state index < -0.39 is 11.7 Å². The van der Waals surface area contributed by atoms with Gasteiger partial charge in [0.25, 0.3) is 0 Å². The van der Waals surface area contributed by atoms with E-state index in [0.29, 0.717) is 11.1 Å². The molecule has 7 heteroatoms. The SMILES string of the molecule is FC(F)(F)c1cnc(SC[C@@H]2CCCN2)c(Cl)c1. The molecule has 1 atom stereocenters. The monoisotopic (exact) mass is 296 g/mol. The summed E-state index contributed by atoms with van der Waals surface area (Å²) < 4.78 is 37.2. The number of alkyl halides is 3. The molecule has 1 fully saturated rings. The van der Waals surface area contributed by atoms with E-state index in [0.717, 1.165) is 37.4 Å². The first-order valence-corrected chi connectivity index (χ1v) is 6.92. The fraction of sp³-hybridized carbons (Fsp3) is 0.545. The van der Waals surface area contributed by atoms with E-state index >= 15 is 0 Å². The van der Waals surface area contributed by atoms with Crippen LogP contribution in [-0.2, 0) is 6.18 Å². The molecule has 1 aliphatic heterocycles. The van der Waals surface area contributed by atoms with E-state index in [1.165, 1.54) is 11.8 Å². The Morgan fingerprint density at radius 2 is 2.28 bits per heavy atom. The zero-order chi connectivity index (χ0) is 13.2. The van der Waals surface area contributed by atoms with Crippen LogP contribution in [0, 0.1) is 0 Å². The van der Waals surface area contributed by atoms with Gasteiger partial charge in [0.15, 0.2) is 0 Å². The number of hydrogen-bond donors (Lipinski definition) is 1. The Morgan fingerprint density at radius 1 is 1.50 bits per heavy atom. The number of aromatic nitrogens is 1. The van der Waals surface area contributed by atoms with Gasteiger partial charge in [-0.1, -0.05) is 11.6 Å². The van der Waals surface area contributed by atoms with Crippen molar-refractivity contribution < 1.29 is 13.2 Å². The normalized spacial score (nSPS) is 20.3. The highest BCUT2D eigenvalue weighted by atomic mass is 35.5. The summed E-state index contributed by atoms with van der Waals surface area (Å²) in [7, 11) is 0. The topological polar surface area (TPSA) is 24.9 Å². The van der Waals surface area contributed by atoms with Crippen molar-refractivity contribution in [3.63, 3.8) is 0 Å². The fourth-order valence-corrected chi connectivity index (χ4v) is 3.06. The van der Waals surface area contributed by atoms with Crippen molar-refractivity contribution in [3.05, 3.63) is 22.8 Å². The van der Waals surface area contributed by atoms with Crippen LogP contribution in [0.15, 0.2) is 17.3 Å². The van der Waals surface area contributed by atoms with E-state index in [9.17, 15) is 13.2 Å². The van der Waals surface area contributed by atoms with Crippen LogP contribution in [0.2, 0.25) is 5.02 Å². The molecule has 0 spiro atoms. The molecule has 0 bridgehead atoms. The van der Waals surface area contributed by atoms with E-state index in [4.69, 9.17) is 11.6 Å². The predicted molar refractivity (Wildman–Crippen MR) is 66.0 cm³/mol. The largest absolute Gasteiger partial charge is 0.417 e. The van der Waals surface area contributed by atoms with Crippen molar-refractivity contribution in [1.29, 1.82) is 0 Å². The van der Waals surface area contributed by atoms with E-state index in [-0.39, 0.29) is 5.02 Å². The van der Waals surface area contributed by atoms with Crippen LogP contribution in [0.25, 0.3) is 0 Å². The summed E-state index contributed by atoms with van der Waals surface area (Å²) in [5.41, 5.74) is -0.809. The second-order valence-corrected chi connectivity index (χ2v) is 5.53. The standard InChI is InChI=1S/C11H12ClF3N2S/c12-9-4-7(11(13,14)15)5-17-10(9)18-6-8-2-1-3-16-8/h4-5,8,16H,1-3,6H2/t8-/m0/s1. The van der Waals surface area contributed by atoms with Crippen LogP contribution in [0.1, 0.15) is 18.4 Å². The Morgan fingerprint density at radius 3 is 2.83 bits per heavy atom. The number of rotatable bonds is 3. The summed E-state index contributed by atoms with van der Waals surface area (Å²) in [5, 5.41) is 3.83. The minimum Gasteiger partial charge on any atom is -0.313 e. The molecule has 0 saturated carbocycles. The highest BCUT2D eigenvalue weighted by molar-refractivity contribution is 7.99. The molecule has 0 aromatic carbocycles. The van der Waals surface area contributed by atoms with E-state index in [1.54, 1.807) is 0 Å². The molecule has 2 rings (SSSR count). The lowest BCUT2D eigenvalue weighted by Crippen LogP contribution is -2.23. The first-order chi connectivity index (χ1) is 8.47. The summed E-state index contributed by atoms with van der Waals surface area (Å²) in [5.74, 6) is 0.776. The van der Waals surface area contributed by atoms with Gasteiger partial charge in [0.05, 0.1) is 10.6 Å². The molecular weight excluding hydrogens is 285 g/mol. The van der Waals surface area contributed by atoms with Gasteiger partial charge in [-0.3, -0.25) is 0 Å². The highest BCUT2D eigenvalue weighted by Gasteiger charge is 2.31. The Hall–Kier alpha value is -0.460. The second-order valence-electron chi connectivity index (χ2n) is 4.11. The number of nitrogens with one attached hydrogen (secondary N) is 1. The molecule has 1 aliphatic rings. The van der Waals surface area contributed by atoms with Crippen molar-refractivity contribution in [2.75, 3.05) is 12.3 Å². The number of pyridine rings is 1. The molecule has 18 heavy (non-hydrogen) atoms. The minimum absolute atomic E-state index is 0.0628. The first-order valence-electron chi connectivity index (χ1n) is 5.56. The van der Waals surface area contributed by atoms with Crippen LogP contribution in [-0.4, -0.2) is 23.3 Å². The van der Waals surface area contributed by atoms with Gasteiger partial charge < -0.3 is 5.32 Å². The zero-order valence-corrected chi connectivity index (χ0v) is 11.0. The predicted octanol–water partition coefficient (Wildman–Crippen LogP) is 3.60. The van der Waals surface area contributed by atoms with Gasteiger partial charge in [0.2, 0.25) is 0 Å². The van der Waals surface area contributed by atoms with Crippen molar-refractivity contribution in [3.8, 4) is 0 Å². The fourth-order valence-electron chi connectivity index (χ4n) is 1.77. The van der Waals surface area contributed by atoms with E-state index in [1.807, 2.05) is 0 Å². The van der Waals surface area contributed by atoms with Crippen LogP contribution in [0.4, 0.5) is 13.2 Å². The van der Waals surface area contributed by atoms with Gasteiger partial charge in [0, 0.05) is 18.0 Å². The molecule has 0 amide bonds. The third-order valence-electron chi connectivity index (χ3n) is 2.72. The Labute approximate surface area is 112 Å². The number of nitrogens with zero attached hydrogens (tertiary/aromatic N) is 1. The van der Waals surface area contributed by atoms with Crippen LogP contribution < -0.4 is 5.32 Å². The molecule has 1 saturated heterocycles. The molecule has 100 valence electrons. The van der Waals surface area contributed by atoms with Crippen molar-refractivity contribution >= 4 is 23.4 Å². The molecule has 2 heterocycles. The maximum Gasteiger partial charge on any atom is 0.417 e. The maximum atomic E-state index is 12.4. The summed E-state index contributed by atoms with van der Waals surface area (Å²) in [6, 6.07) is 1.33. The smallest absolute Gasteiger partial charge is 0.313 e. The van der Waals surface area contributed by atoms with Gasteiger partial charge in [-0.05, 0) is 25.5 Å². The molecule has 2 nitrogen and oxygen atoms in total. The molecule has 0 unspecified atom stereocenters. The van der Waals surface area contributed by atoms with Gasteiger partial charge in [-0.25, -0.2) is 4.98 Å². The Bertz CT molecular complexity index is 419. The van der Waals surface area contributed by atoms with Gasteiger partial charge >= 0.3 is 6.18 Å². The van der Waals surface area contributed by atoms with Gasteiger partial charge in [0.1, 0.15) is 5.03 Å². The number of halogens is 4. The average molecular weight is 297 g/mol. The highest BCUT2D eigenvalue weighted by Crippen LogP contribution is 2.34. The summed E-state index contributed by atoms with van der Waals surface area (Å²) >= 11 is 7.21. The third-order valence-corrected chi connectivity index (χ3v) is 4.29. The molecule has 0 aliphatic carbocycles. The van der Waals surface area contributed by atoms with Gasteiger partial charge in [-0.15, -0.1) is 11.8 Å². The Kier molecular flexibility index (Phi) is 4.40. The average Bonchev–Trinajstić information content (AvgIpc) is 2.79. The van der Waals surface area contributed by atoms with Crippen LogP contribution in [0.3, 0.4) is 0 Å². The number of thioether (sulfide) groups is 1. The first kappa shape index (κ1) is 14.0. The molecule has 1 aromatic heterocycles. The van der Waals surface area contributed by atoms with Gasteiger partial charge in [-0.2, -0.15) is 13.2 Å². The van der Waals surface area contributed by atoms with Crippen molar-refractivity contribution in [2.24, 2.45) is 0 Å². The van der Waals surface area contributed by atoms with E-state index in [2.05, 4.69) is 10.3 Å². The molecular formula is C11H12ClF3N2S. The summed E-state index contributed by atoms with van der Waals surface area (Å²) in [6.45, 7) is 0.999. The second kappa shape index (κ2) is 5.67. The van der Waals surface area contributed by atoms with Crippen molar-refractivity contribution in [2.45, 2.75) is 30.1 Å². The minimum atomic E-state index is -4.40. The lowest BCUT2D eigenvalue weighted by molar-refractivity contribution is -0.137. The zero-order valence-electron chi connectivity index (χ0n) is 9.43. The summed E-state index contributed by atoms with van der Waals surface area (Å²) in [6.07, 6.45) is -1.34. The third kappa shape index (κ3) is 3.52. The van der Waals surface area contributed by atoms with Crippen molar-refractivity contribution in [1.82, 2.24) is 10.3 Å². The number of hydrogen-bond acceptors (Lipinski definition) is 3.